The van der Waals surface area contributed by atoms with Crippen molar-refractivity contribution in [2.45, 2.75) is 13.8 Å². The minimum Gasteiger partial charge on any atom is -0.369 e. The first-order valence-corrected chi connectivity index (χ1v) is 7.36. The quantitative estimate of drug-likeness (QED) is 0.911. The number of nitrogens with zero attached hydrogens (tertiary/aromatic N) is 5. The Balaban J connectivity index is 1.91. The van der Waals surface area contributed by atoms with Crippen LogP contribution in [0.15, 0.2) is 18.6 Å². The third-order valence-corrected chi connectivity index (χ3v) is 3.83. The van der Waals surface area contributed by atoms with Crippen LogP contribution in [0.25, 0.3) is 5.65 Å². The first kappa shape index (κ1) is 13.2. The minimum atomic E-state index is 0.871. The zero-order valence-corrected chi connectivity index (χ0v) is 12.2. The lowest BCUT2D eigenvalue weighted by Gasteiger charge is -2.34. The standard InChI is InChI=1S/C14H22N6/c1-3-15-12-11-20-6-5-16-13(20)14(17-12)19-9-7-18(4-2)8-10-19/h5-6,11,15H,3-4,7-10H2,1-2H3. The largest absolute Gasteiger partial charge is 0.369 e. The van der Waals surface area contributed by atoms with Gasteiger partial charge in [-0.3, -0.25) is 0 Å². The summed E-state index contributed by atoms with van der Waals surface area (Å²) in [5.41, 5.74) is 0.941. The SMILES string of the molecule is CCNc1cn2ccnc2c(N2CCN(CC)CC2)n1. The average Bonchev–Trinajstić information content (AvgIpc) is 2.95. The molecule has 2 aromatic rings. The second kappa shape index (κ2) is 5.66. The number of hydrogen-bond acceptors (Lipinski definition) is 5. The molecule has 0 saturated carbocycles. The van der Waals surface area contributed by atoms with Gasteiger partial charge in [-0.05, 0) is 13.5 Å². The summed E-state index contributed by atoms with van der Waals surface area (Å²) in [5, 5.41) is 3.29. The summed E-state index contributed by atoms with van der Waals surface area (Å²) in [6, 6.07) is 0. The summed E-state index contributed by atoms with van der Waals surface area (Å²) in [6.45, 7) is 10.5. The van der Waals surface area contributed by atoms with E-state index in [2.05, 4.69) is 33.9 Å². The molecule has 0 amide bonds. The van der Waals surface area contributed by atoms with Crippen LogP contribution in [0, 0.1) is 0 Å². The lowest BCUT2D eigenvalue weighted by atomic mass is 10.3. The Hall–Kier alpha value is -1.82. The summed E-state index contributed by atoms with van der Waals surface area (Å²) >= 11 is 0. The molecule has 0 aromatic carbocycles. The zero-order valence-electron chi connectivity index (χ0n) is 12.2. The van der Waals surface area contributed by atoms with E-state index in [1.165, 1.54) is 0 Å². The Bertz CT molecular complexity index is 570. The minimum absolute atomic E-state index is 0.871. The van der Waals surface area contributed by atoms with Gasteiger partial charge in [0, 0.05) is 45.1 Å². The van der Waals surface area contributed by atoms with Gasteiger partial charge in [-0.25, -0.2) is 9.97 Å². The summed E-state index contributed by atoms with van der Waals surface area (Å²) in [4.78, 5) is 14.0. The van der Waals surface area contributed by atoms with Gasteiger partial charge in [-0.15, -0.1) is 0 Å². The van der Waals surface area contributed by atoms with E-state index in [4.69, 9.17) is 4.98 Å². The van der Waals surface area contributed by atoms with E-state index in [1.807, 2.05) is 23.0 Å². The molecule has 3 rings (SSSR count). The first-order chi connectivity index (χ1) is 9.81. The number of anilines is 2. The van der Waals surface area contributed by atoms with Gasteiger partial charge < -0.3 is 19.5 Å². The van der Waals surface area contributed by atoms with Crippen molar-refractivity contribution in [3.8, 4) is 0 Å². The number of hydrogen-bond donors (Lipinski definition) is 1. The van der Waals surface area contributed by atoms with Gasteiger partial charge in [0.15, 0.2) is 11.5 Å². The van der Waals surface area contributed by atoms with Crippen molar-refractivity contribution < 1.29 is 0 Å². The van der Waals surface area contributed by atoms with Gasteiger partial charge in [0.25, 0.3) is 0 Å². The third kappa shape index (κ3) is 2.43. The zero-order chi connectivity index (χ0) is 13.9. The molecular formula is C14H22N6. The average molecular weight is 274 g/mol. The molecule has 6 nitrogen and oxygen atoms in total. The first-order valence-electron chi connectivity index (χ1n) is 7.36. The van der Waals surface area contributed by atoms with E-state index >= 15 is 0 Å². The molecule has 2 aromatic heterocycles. The highest BCUT2D eigenvalue weighted by atomic mass is 15.3. The van der Waals surface area contributed by atoms with Crippen LogP contribution in [0.4, 0.5) is 11.6 Å². The van der Waals surface area contributed by atoms with Crippen LogP contribution < -0.4 is 10.2 Å². The second-order valence-electron chi connectivity index (χ2n) is 5.06. The lowest BCUT2D eigenvalue weighted by molar-refractivity contribution is 0.270. The van der Waals surface area contributed by atoms with Crippen molar-refractivity contribution in [2.75, 3.05) is 49.5 Å². The molecular weight excluding hydrogens is 252 g/mol. The number of nitrogens with one attached hydrogen (secondary N) is 1. The highest BCUT2D eigenvalue weighted by molar-refractivity contribution is 5.67. The van der Waals surface area contributed by atoms with Crippen LogP contribution in [-0.2, 0) is 0 Å². The normalized spacial score (nSPS) is 16.8. The molecule has 20 heavy (non-hydrogen) atoms. The summed E-state index contributed by atoms with van der Waals surface area (Å²) in [6.07, 6.45) is 5.81. The summed E-state index contributed by atoms with van der Waals surface area (Å²) in [5.74, 6) is 1.90. The molecule has 1 saturated heterocycles. The van der Waals surface area contributed by atoms with Crippen LogP contribution in [-0.4, -0.2) is 58.5 Å². The van der Waals surface area contributed by atoms with Crippen LogP contribution in [0.2, 0.25) is 0 Å². The smallest absolute Gasteiger partial charge is 0.180 e. The molecule has 0 unspecified atom stereocenters. The maximum absolute atomic E-state index is 4.75. The molecule has 1 fully saturated rings. The van der Waals surface area contributed by atoms with Gasteiger partial charge >= 0.3 is 0 Å². The molecule has 1 aliphatic heterocycles. The summed E-state index contributed by atoms with van der Waals surface area (Å²) in [7, 11) is 0. The highest BCUT2D eigenvalue weighted by Gasteiger charge is 2.20. The van der Waals surface area contributed by atoms with E-state index in [0.717, 1.165) is 56.6 Å². The lowest BCUT2D eigenvalue weighted by Crippen LogP contribution is -2.46. The van der Waals surface area contributed by atoms with Gasteiger partial charge in [0.1, 0.15) is 5.82 Å². The maximum Gasteiger partial charge on any atom is 0.180 e. The number of imidazole rings is 1. The number of rotatable bonds is 4. The fourth-order valence-corrected chi connectivity index (χ4v) is 2.67. The molecule has 6 heteroatoms. The molecule has 0 spiro atoms. The molecule has 1 aliphatic rings. The van der Waals surface area contributed by atoms with Gasteiger partial charge in [0.05, 0.1) is 6.20 Å². The Morgan fingerprint density at radius 1 is 1.20 bits per heavy atom. The van der Waals surface area contributed by atoms with Gasteiger partial charge in [-0.2, -0.15) is 0 Å². The van der Waals surface area contributed by atoms with Gasteiger partial charge in [0.2, 0.25) is 0 Å². The van der Waals surface area contributed by atoms with E-state index in [9.17, 15) is 0 Å². The van der Waals surface area contributed by atoms with Crippen LogP contribution in [0.3, 0.4) is 0 Å². The predicted molar refractivity (Wildman–Crippen MR) is 81.5 cm³/mol. The van der Waals surface area contributed by atoms with Crippen LogP contribution in [0.5, 0.6) is 0 Å². The van der Waals surface area contributed by atoms with E-state index in [-0.39, 0.29) is 0 Å². The summed E-state index contributed by atoms with van der Waals surface area (Å²) < 4.78 is 2.05. The highest BCUT2D eigenvalue weighted by Crippen LogP contribution is 2.21. The number of piperazine rings is 1. The Morgan fingerprint density at radius 3 is 2.70 bits per heavy atom. The second-order valence-corrected chi connectivity index (χ2v) is 5.06. The topological polar surface area (TPSA) is 48.7 Å². The molecule has 0 bridgehead atoms. The molecule has 108 valence electrons. The Morgan fingerprint density at radius 2 is 2.00 bits per heavy atom. The Kier molecular flexibility index (Phi) is 3.73. The van der Waals surface area contributed by atoms with Crippen molar-refractivity contribution in [1.82, 2.24) is 19.3 Å². The van der Waals surface area contributed by atoms with Crippen LogP contribution in [0.1, 0.15) is 13.8 Å². The molecule has 0 atom stereocenters. The number of likely N-dealkylation sites (N-methyl/N-ethyl adjacent to an activating group) is 1. The van der Waals surface area contributed by atoms with E-state index in [1.54, 1.807) is 0 Å². The fourth-order valence-electron chi connectivity index (χ4n) is 2.67. The monoisotopic (exact) mass is 274 g/mol. The molecule has 0 radical (unpaired) electrons. The van der Waals surface area contributed by atoms with Crippen molar-refractivity contribution in [1.29, 1.82) is 0 Å². The van der Waals surface area contributed by atoms with Crippen LogP contribution >= 0.6 is 0 Å². The maximum atomic E-state index is 4.75. The molecule has 3 heterocycles. The third-order valence-electron chi connectivity index (χ3n) is 3.83. The predicted octanol–water partition coefficient (Wildman–Crippen LogP) is 1.30. The van der Waals surface area contributed by atoms with Crippen molar-refractivity contribution in [3.05, 3.63) is 18.6 Å². The molecule has 0 aliphatic carbocycles. The van der Waals surface area contributed by atoms with Gasteiger partial charge in [-0.1, -0.05) is 6.92 Å². The number of fused-ring (bicyclic) bond motifs is 1. The van der Waals surface area contributed by atoms with E-state index < -0.39 is 0 Å². The number of aromatic nitrogens is 3. The van der Waals surface area contributed by atoms with E-state index in [0.29, 0.717) is 0 Å². The van der Waals surface area contributed by atoms with Crippen molar-refractivity contribution in [2.24, 2.45) is 0 Å². The van der Waals surface area contributed by atoms with Crippen molar-refractivity contribution in [3.63, 3.8) is 0 Å². The molecule has 1 N–H and O–H groups in total. The Labute approximate surface area is 119 Å². The fraction of sp³-hybridized carbons (Fsp3) is 0.571. The van der Waals surface area contributed by atoms with Crippen molar-refractivity contribution >= 4 is 17.3 Å².